The molecule has 4 nitrogen and oxygen atoms in total. The Hall–Kier alpha value is -5.39. The Morgan fingerprint density at radius 2 is 1.11 bits per heavy atom. The largest absolute Gasteiger partial charge is 0.455 e. The smallest absolute Gasteiger partial charge is 0.164 e. The standard InChI is InChI=1S/C39H27N3OSi/c1-44(2)31-20-12-11-19-28(31)34-32(44)23-30(33-29-22-21-24-13-9-10-18-27(24)35(29)43-36(33)34)39-41-37(25-14-5-3-6-15-25)40-38(42-39)26-16-7-4-8-17-26/h3-23H,1-2H3. The summed E-state index contributed by atoms with van der Waals surface area (Å²) in [4.78, 5) is 15.3. The van der Waals surface area contributed by atoms with Gasteiger partial charge in [0, 0.05) is 38.4 Å². The first-order valence-electron chi connectivity index (χ1n) is 15.0. The van der Waals surface area contributed by atoms with Crippen LogP contribution in [0.15, 0.2) is 132 Å². The Balaban J connectivity index is 1.44. The molecular weight excluding hydrogens is 555 g/mol. The van der Waals surface area contributed by atoms with Gasteiger partial charge in [-0.25, -0.2) is 15.0 Å². The number of fused-ring (bicyclic) bond motifs is 9. The lowest BCUT2D eigenvalue weighted by Gasteiger charge is -2.19. The van der Waals surface area contributed by atoms with Crippen LogP contribution in [0.25, 0.3) is 78.0 Å². The number of benzene rings is 6. The molecule has 3 heterocycles. The van der Waals surface area contributed by atoms with E-state index in [1.165, 1.54) is 21.5 Å². The van der Waals surface area contributed by atoms with Crippen molar-refractivity contribution in [1.29, 1.82) is 0 Å². The zero-order valence-corrected chi connectivity index (χ0v) is 25.4. The summed E-state index contributed by atoms with van der Waals surface area (Å²) in [5.74, 6) is 1.96. The van der Waals surface area contributed by atoms with E-state index in [1.807, 2.05) is 36.4 Å². The summed E-state index contributed by atoms with van der Waals surface area (Å²) in [7, 11) is -2.05. The highest BCUT2D eigenvalue weighted by atomic mass is 28.3. The van der Waals surface area contributed by atoms with Gasteiger partial charge in [0.15, 0.2) is 17.5 Å². The van der Waals surface area contributed by atoms with Crippen molar-refractivity contribution in [2.75, 3.05) is 0 Å². The van der Waals surface area contributed by atoms with Crippen LogP contribution in [0, 0.1) is 0 Å². The number of nitrogens with zero attached hydrogens (tertiary/aromatic N) is 3. The molecule has 0 amide bonds. The Bertz CT molecular complexity index is 2360. The highest BCUT2D eigenvalue weighted by molar-refractivity contribution is 7.04. The minimum atomic E-state index is -2.05. The number of hydrogen-bond acceptors (Lipinski definition) is 4. The van der Waals surface area contributed by atoms with Gasteiger partial charge in [-0.1, -0.05) is 128 Å². The van der Waals surface area contributed by atoms with E-state index >= 15 is 0 Å². The fraction of sp³-hybridized carbons (Fsp3) is 0.0513. The van der Waals surface area contributed by atoms with E-state index in [0.717, 1.165) is 49.4 Å². The SMILES string of the molecule is C[Si]1(C)c2ccccc2-c2c1cc(-c1nc(-c3ccccc3)nc(-c3ccccc3)n1)c1c2oc2c3ccccc3ccc21. The molecule has 0 radical (unpaired) electrons. The van der Waals surface area contributed by atoms with Crippen LogP contribution < -0.4 is 10.4 Å². The molecule has 0 bridgehead atoms. The molecular formula is C39H27N3OSi. The Labute approximate surface area is 255 Å². The van der Waals surface area contributed by atoms with Gasteiger partial charge in [-0.15, -0.1) is 0 Å². The molecule has 0 atom stereocenters. The first-order valence-corrected chi connectivity index (χ1v) is 18.0. The molecule has 6 aromatic carbocycles. The van der Waals surface area contributed by atoms with Crippen molar-refractivity contribution in [3.63, 3.8) is 0 Å². The molecule has 0 unspecified atom stereocenters. The van der Waals surface area contributed by atoms with Crippen LogP contribution in [0.3, 0.4) is 0 Å². The van der Waals surface area contributed by atoms with Crippen molar-refractivity contribution in [3.05, 3.63) is 127 Å². The van der Waals surface area contributed by atoms with E-state index in [1.54, 1.807) is 0 Å². The van der Waals surface area contributed by atoms with Gasteiger partial charge < -0.3 is 4.42 Å². The van der Waals surface area contributed by atoms with E-state index in [-0.39, 0.29) is 0 Å². The molecule has 0 aliphatic carbocycles. The second-order valence-corrected chi connectivity index (χ2v) is 16.4. The maximum Gasteiger partial charge on any atom is 0.164 e. The third-order valence-corrected chi connectivity index (χ3v) is 12.6. The summed E-state index contributed by atoms with van der Waals surface area (Å²) in [5, 5.41) is 7.18. The molecule has 0 N–H and O–H groups in total. The lowest BCUT2D eigenvalue weighted by Crippen LogP contribution is -2.49. The van der Waals surface area contributed by atoms with Gasteiger partial charge >= 0.3 is 0 Å². The first kappa shape index (κ1) is 25.1. The topological polar surface area (TPSA) is 51.8 Å². The molecule has 2 aromatic heterocycles. The van der Waals surface area contributed by atoms with E-state index in [9.17, 15) is 0 Å². The predicted octanol–water partition coefficient (Wildman–Crippen LogP) is 8.73. The van der Waals surface area contributed by atoms with Crippen molar-refractivity contribution < 1.29 is 4.42 Å². The van der Waals surface area contributed by atoms with Crippen LogP contribution in [0.2, 0.25) is 13.1 Å². The van der Waals surface area contributed by atoms with Crippen LogP contribution in [-0.2, 0) is 0 Å². The van der Waals surface area contributed by atoms with E-state index < -0.39 is 8.07 Å². The van der Waals surface area contributed by atoms with Gasteiger partial charge in [0.2, 0.25) is 0 Å². The average molecular weight is 582 g/mol. The van der Waals surface area contributed by atoms with E-state index in [4.69, 9.17) is 19.4 Å². The average Bonchev–Trinajstić information content (AvgIpc) is 3.58. The maximum atomic E-state index is 7.00. The molecule has 9 rings (SSSR count). The molecule has 8 aromatic rings. The Morgan fingerprint density at radius 1 is 0.500 bits per heavy atom. The zero-order valence-electron chi connectivity index (χ0n) is 24.4. The van der Waals surface area contributed by atoms with Gasteiger partial charge in [-0.2, -0.15) is 0 Å². The summed E-state index contributed by atoms with van der Waals surface area (Å²) < 4.78 is 7.00. The number of rotatable bonds is 3. The van der Waals surface area contributed by atoms with Crippen molar-refractivity contribution in [2.24, 2.45) is 0 Å². The highest BCUT2D eigenvalue weighted by Gasteiger charge is 2.40. The molecule has 1 aliphatic heterocycles. The predicted molar refractivity (Wildman–Crippen MR) is 183 cm³/mol. The van der Waals surface area contributed by atoms with Crippen molar-refractivity contribution in [2.45, 2.75) is 13.1 Å². The maximum absolute atomic E-state index is 7.00. The number of hydrogen-bond donors (Lipinski definition) is 0. The van der Waals surface area contributed by atoms with Gasteiger partial charge in [0.05, 0.1) is 0 Å². The number of aromatic nitrogens is 3. The molecule has 208 valence electrons. The van der Waals surface area contributed by atoms with Gasteiger partial charge in [-0.05, 0) is 33.5 Å². The second-order valence-electron chi connectivity index (χ2n) is 12.0. The van der Waals surface area contributed by atoms with Gasteiger partial charge in [0.1, 0.15) is 19.2 Å². The molecule has 0 spiro atoms. The first-order chi connectivity index (χ1) is 21.6. The minimum Gasteiger partial charge on any atom is -0.455 e. The van der Waals surface area contributed by atoms with Crippen LogP contribution >= 0.6 is 0 Å². The molecule has 44 heavy (non-hydrogen) atoms. The van der Waals surface area contributed by atoms with Crippen molar-refractivity contribution in [1.82, 2.24) is 15.0 Å². The fourth-order valence-electron chi connectivity index (χ4n) is 6.94. The van der Waals surface area contributed by atoms with Crippen LogP contribution in [0.1, 0.15) is 0 Å². The lowest BCUT2D eigenvalue weighted by molar-refractivity contribution is 0.674. The van der Waals surface area contributed by atoms with Crippen molar-refractivity contribution in [3.8, 4) is 45.3 Å². The summed E-state index contributed by atoms with van der Waals surface area (Å²) in [6.45, 7) is 4.87. The molecule has 0 saturated carbocycles. The van der Waals surface area contributed by atoms with Gasteiger partial charge in [0.25, 0.3) is 0 Å². The summed E-state index contributed by atoms with van der Waals surface area (Å²) in [6.07, 6.45) is 0. The Morgan fingerprint density at radius 3 is 1.84 bits per heavy atom. The fourth-order valence-corrected chi connectivity index (χ4v) is 10.00. The van der Waals surface area contributed by atoms with Crippen molar-refractivity contribution >= 4 is 51.2 Å². The summed E-state index contributed by atoms with van der Waals surface area (Å²) in [5.41, 5.74) is 7.21. The lowest BCUT2D eigenvalue weighted by atomic mass is 9.97. The monoisotopic (exact) mass is 581 g/mol. The normalized spacial score (nSPS) is 13.4. The van der Waals surface area contributed by atoms with Crippen LogP contribution in [0.4, 0.5) is 0 Å². The molecule has 0 fully saturated rings. The van der Waals surface area contributed by atoms with Crippen LogP contribution in [0.5, 0.6) is 0 Å². The highest BCUT2D eigenvalue weighted by Crippen LogP contribution is 2.45. The second kappa shape index (κ2) is 9.30. The molecule has 0 saturated heterocycles. The third-order valence-electron chi connectivity index (χ3n) is 9.12. The van der Waals surface area contributed by atoms with E-state index in [0.29, 0.717) is 17.5 Å². The van der Waals surface area contributed by atoms with Gasteiger partial charge in [-0.3, -0.25) is 0 Å². The Kier molecular flexibility index (Phi) is 5.31. The minimum absolute atomic E-state index is 0.654. The van der Waals surface area contributed by atoms with E-state index in [2.05, 4.69) is 104 Å². The third kappa shape index (κ3) is 3.60. The molecule has 1 aliphatic rings. The summed E-state index contributed by atoms with van der Waals surface area (Å²) in [6, 6.07) is 44.4. The van der Waals surface area contributed by atoms with Crippen LogP contribution in [-0.4, -0.2) is 23.0 Å². The quantitative estimate of drug-likeness (QED) is 0.196. The number of furan rings is 1. The zero-order chi connectivity index (χ0) is 29.4. The summed E-state index contributed by atoms with van der Waals surface area (Å²) >= 11 is 0. The molecule has 5 heteroatoms.